The van der Waals surface area contributed by atoms with Crippen LogP contribution in [0, 0.1) is 11.3 Å². The van der Waals surface area contributed by atoms with Gasteiger partial charge in [-0.15, -0.1) is 5.10 Å². The zero-order chi connectivity index (χ0) is 15.8. The van der Waals surface area contributed by atoms with E-state index in [0.717, 1.165) is 11.1 Å². The third-order valence-electron chi connectivity index (χ3n) is 2.77. The Morgan fingerprint density at radius 3 is 2.77 bits per heavy atom. The Hall–Kier alpha value is -3.33. The summed E-state index contributed by atoms with van der Waals surface area (Å²) in [5.41, 5.74) is 12.6. The number of guanidine groups is 1. The zero-order valence-corrected chi connectivity index (χ0v) is 11.8. The second-order valence-corrected chi connectivity index (χ2v) is 4.40. The fourth-order valence-electron chi connectivity index (χ4n) is 1.76. The maximum Gasteiger partial charge on any atom is 0.211 e. The van der Waals surface area contributed by atoms with Crippen molar-refractivity contribution in [2.75, 3.05) is 0 Å². The van der Waals surface area contributed by atoms with Crippen LogP contribution in [0.2, 0.25) is 0 Å². The first kappa shape index (κ1) is 15.1. The van der Waals surface area contributed by atoms with Crippen LogP contribution in [0.5, 0.6) is 5.75 Å². The molecule has 6 heteroatoms. The minimum absolute atomic E-state index is 0.100. The summed E-state index contributed by atoms with van der Waals surface area (Å²) in [5, 5.41) is 16.3. The molecule has 6 nitrogen and oxygen atoms in total. The number of nitrogens with zero attached hydrogens (tertiary/aromatic N) is 3. The number of hydrogen-bond donors (Lipinski definition) is 2. The summed E-state index contributed by atoms with van der Waals surface area (Å²) in [4.78, 5) is 0. The van der Waals surface area contributed by atoms with E-state index in [4.69, 9.17) is 21.5 Å². The van der Waals surface area contributed by atoms with Crippen molar-refractivity contribution in [2.45, 2.75) is 6.61 Å². The van der Waals surface area contributed by atoms with Gasteiger partial charge in [-0.1, -0.05) is 30.3 Å². The summed E-state index contributed by atoms with van der Waals surface area (Å²) >= 11 is 0. The van der Waals surface area contributed by atoms with Gasteiger partial charge >= 0.3 is 0 Å². The molecule has 0 spiro atoms. The van der Waals surface area contributed by atoms with E-state index in [9.17, 15) is 0 Å². The highest BCUT2D eigenvalue weighted by atomic mass is 16.5. The van der Waals surface area contributed by atoms with Crippen molar-refractivity contribution in [2.24, 2.45) is 21.7 Å². The molecule has 0 heterocycles. The molecule has 0 aliphatic heterocycles. The lowest BCUT2D eigenvalue weighted by Crippen LogP contribution is -2.21. The molecule has 0 radical (unpaired) electrons. The fraction of sp³-hybridized carbons (Fsp3) is 0.0625. The standard InChI is InChI=1S/C16H15N5O/c17-9-13-5-1-2-6-14(13)11-22-15-7-3-4-12(8-15)10-20-21-16(18)19/h1-8,10H,11H2,(H4,18,19,21). The second kappa shape index (κ2) is 7.45. The normalized spacial score (nSPS) is 10.1. The molecule has 0 bridgehead atoms. The zero-order valence-electron chi connectivity index (χ0n) is 11.8. The molecule has 0 aliphatic rings. The summed E-state index contributed by atoms with van der Waals surface area (Å²) in [7, 11) is 0. The fourth-order valence-corrected chi connectivity index (χ4v) is 1.76. The number of nitriles is 1. The summed E-state index contributed by atoms with van der Waals surface area (Å²) in [6.07, 6.45) is 1.52. The van der Waals surface area contributed by atoms with E-state index in [0.29, 0.717) is 17.9 Å². The van der Waals surface area contributed by atoms with Crippen molar-refractivity contribution in [3.05, 3.63) is 65.2 Å². The van der Waals surface area contributed by atoms with Crippen molar-refractivity contribution in [3.8, 4) is 11.8 Å². The van der Waals surface area contributed by atoms with Crippen molar-refractivity contribution in [3.63, 3.8) is 0 Å². The average Bonchev–Trinajstić information content (AvgIpc) is 2.53. The maximum absolute atomic E-state index is 9.05. The van der Waals surface area contributed by atoms with E-state index in [1.807, 2.05) is 36.4 Å². The predicted octanol–water partition coefficient (Wildman–Crippen LogP) is 1.74. The monoisotopic (exact) mass is 293 g/mol. The van der Waals surface area contributed by atoms with Gasteiger partial charge in [0, 0.05) is 5.56 Å². The minimum Gasteiger partial charge on any atom is -0.489 e. The van der Waals surface area contributed by atoms with Crippen LogP contribution in [-0.2, 0) is 6.61 Å². The Morgan fingerprint density at radius 2 is 2.00 bits per heavy atom. The largest absolute Gasteiger partial charge is 0.489 e. The number of nitrogens with two attached hydrogens (primary N) is 2. The summed E-state index contributed by atoms with van der Waals surface area (Å²) in [6, 6.07) is 16.8. The van der Waals surface area contributed by atoms with E-state index in [-0.39, 0.29) is 5.96 Å². The Kier molecular flexibility index (Phi) is 5.10. The number of ether oxygens (including phenoxy) is 1. The molecule has 22 heavy (non-hydrogen) atoms. The SMILES string of the molecule is N#Cc1ccccc1COc1cccc(C=NN=C(N)N)c1. The molecular weight excluding hydrogens is 278 g/mol. The molecule has 0 unspecified atom stereocenters. The van der Waals surface area contributed by atoms with Crippen molar-refractivity contribution in [1.82, 2.24) is 0 Å². The third kappa shape index (κ3) is 4.35. The molecule has 0 aromatic heterocycles. The van der Waals surface area contributed by atoms with Gasteiger partial charge in [-0.2, -0.15) is 10.4 Å². The Labute approximate surface area is 128 Å². The first-order valence-corrected chi connectivity index (χ1v) is 6.52. The quantitative estimate of drug-likeness (QED) is 0.497. The van der Waals surface area contributed by atoms with Gasteiger partial charge in [-0.25, -0.2) is 0 Å². The lowest BCUT2D eigenvalue weighted by Gasteiger charge is -2.08. The molecule has 110 valence electrons. The predicted molar refractivity (Wildman–Crippen MR) is 85.3 cm³/mol. The van der Waals surface area contributed by atoms with Crippen LogP contribution in [0.3, 0.4) is 0 Å². The molecule has 2 rings (SSSR count). The van der Waals surface area contributed by atoms with Crippen LogP contribution >= 0.6 is 0 Å². The Morgan fingerprint density at radius 1 is 1.18 bits per heavy atom. The van der Waals surface area contributed by atoms with Gasteiger partial charge in [0.15, 0.2) is 0 Å². The summed E-state index contributed by atoms with van der Waals surface area (Å²) < 4.78 is 5.70. The Bertz CT molecular complexity index is 742. The van der Waals surface area contributed by atoms with Crippen LogP contribution in [-0.4, -0.2) is 12.2 Å². The highest BCUT2D eigenvalue weighted by molar-refractivity contribution is 5.81. The van der Waals surface area contributed by atoms with E-state index >= 15 is 0 Å². The van der Waals surface area contributed by atoms with Gasteiger partial charge in [0.1, 0.15) is 12.4 Å². The van der Waals surface area contributed by atoms with Crippen molar-refractivity contribution < 1.29 is 4.74 Å². The third-order valence-corrected chi connectivity index (χ3v) is 2.77. The molecular formula is C16H15N5O. The van der Waals surface area contributed by atoms with Crippen LogP contribution in [0.15, 0.2) is 58.7 Å². The van der Waals surface area contributed by atoms with Gasteiger partial charge in [-0.3, -0.25) is 0 Å². The molecule has 0 aliphatic carbocycles. The molecule has 0 saturated carbocycles. The van der Waals surface area contributed by atoms with Crippen molar-refractivity contribution >= 4 is 12.2 Å². The molecule has 4 N–H and O–H groups in total. The molecule has 0 atom stereocenters. The summed E-state index contributed by atoms with van der Waals surface area (Å²) in [5.74, 6) is 0.568. The Balaban J connectivity index is 2.06. The van der Waals surface area contributed by atoms with Gasteiger partial charge in [0.25, 0.3) is 0 Å². The van der Waals surface area contributed by atoms with Crippen LogP contribution in [0.4, 0.5) is 0 Å². The van der Waals surface area contributed by atoms with Gasteiger partial charge < -0.3 is 16.2 Å². The van der Waals surface area contributed by atoms with Crippen LogP contribution in [0.1, 0.15) is 16.7 Å². The van der Waals surface area contributed by atoms with Gasteiger partial charge in [0.2, 0.25) is 5.96 Å². The maximum atomic E-state index is 9.05. The smallest absolute Gasteiger partial charge is 0.211 e. The number of benzene rings is 2. The summed E-state index contributed by atoms with van der Waals surface area (Å²) in [6.45, 7) is 0.318. The average molecular weight is 293 g/mol. The molecule has 0 saturated heterocycles. The molecule has 0 amide bonds. The van der Waals surface area contributed by atoms with E-state index in [1.165, 1.54) is 6.21 Å². The minimum atomic E-state index is -0.100. The molecule has 2 aromatic rings. The highest BCUT2D eigenvalue weighted by Gasteiger charge is 2.02. The first-order chi connectivity index (χ1) is 10.7. The highest BCUT2D eigenvalue weighted by Crippen LogP contribution is 2.16. The first-order valence-electron chi connectivity index (χ1n) is 6.52. The topological polar surface area (TPSA) is 110 Å². The molecule has 0 fully saturated rings. The lowest BCUT2D eigenvalue weighted by atomic mass is 10.1. The molecule has 2 aromatic carbocycles. The van der Waals surface area contributed by atoms with Crippen LogP contribution in [0.25, 0.3) is 0 Å². The number of rotatable bonds is 5. The van der Waals surface area contributed by atoms with E-state index in [1.54, 1.807) is 12.1 Å². The van der Waals surface area contributed by atoms with E-state index in [2.05, 4.69) is 16.3 Å². The van der Waals surface area contributed by atoms with Crippen LogP contribution < -0.4 is 16.2 Å². The van der Waals surface area contributed by atoms with Gasteiger partial charge in [0.05, 0.1) is 17.8 Å². The van der Waals surface area contributed by atoms with Gasteiger partial charge in [-0.05, 0) is 23.8 Å². The second-order valence-electron chi connectivity index (χ2n) is 4.40. The van der Waals surface area contributed by atoms with Crippen molar-refractivity contribution in [1.29, 1.82) is 5.26 Å². The van der Waals surface area contributed by atoms with E-state index < -0.39 is 0 Å². The lowest BCUT2D eigenvalue weighted by molar-refractivity contribution is 0.306. The number of hydrogen-bond acceptors (Lipinski definition) is 4.